The van der Waals surface area contributed by atoms with Crippen molar-refractivity contribution in [2.45, 2.75) is 54.7 Å². The molecule has 2 fully saturated rings. The third kappa shape index (κ3) is 3.97. The van der Waals surface area contributed by atoms with Gasteiger partial charge in [-0.05, 0) is 42.7 Å². The summed E-state index contributed by atoms with van der Waals surface area (Å²) in [5.41, 5.74) is 2.25. The second kappa shape index (κ2) is 8.82. The summed E-state index contributed by atoms with van der Waals surface area (Å²) in [6, 6.07) is 9.72. The van der Waals surface area contributed by atoms with Gasteiger partial charge in [0.2, 0.25) is 17.7 Å². The molecule has 0 aliphatic carbocycles. The van der Waals surface area contributed by atoms with E-state index in [9.17, 15) is 29.4 Å². The van der Waals surface area contributed by atoms with Crippen molar-refractivity contribution in [3.8, 4) is 5.75 Å². The normalized spacial score (nSPS) is 26.4. The molecule has 11 heteroatoms. The van der Waals surface area contributed by atoms with E-state index in [1.54, 1.807) is 13.8 Å². The van der Waals surface area contributed by atoms with Crippen molar-refractivity contribution >= 4 is 35.5 Å². The van der Waals surface area contributed by atoms with Crippen molar-refractivity contribution in [3.05, 3.63) is 65.2 Å². The third-order valence-corrected chi connectivity index (χ3v) is 8.44. The Balaban J connectivity index is 1.36. The highest BCUT2D eigenvalue weighted by molar-refractivity contribution is 8.01. The molecule has 3 amide bonds. The van der Waals surface area contributed by atoms with Crippen LogP contribution in [0.2, 0.25) is 0 Å². The smallest absolute Gasteiger partial charge is 0.327 e. The molecule has 10 nitrogen and oxygen atoms in total. The number of nitrogens with one attached hydrogen (secondary N) is 3. The van der Waals surface area contributed by atoms with Gasteiger partial charge in [0.05, 0.1) is 0 Å². The summed E-state index contributed by atoms with van der Waals surface area (Å²) in [4.78, 5) is 52.6. The van der Waals surface area contributed by atoms with Crippen molar-refractivity contribution in [1.82, 2.24) is 20.9 Å². The van der Waals surface area contributed by atoms with Crippen LogP contribution in [0.4, 0.5) is 0 Å². The Bertz CT molecular complexity index is 1250. The van der Waals surface area contributed by atoms with Gasteiger partial charge in [-0.15, -0.1) is 11.8 Å². The highest BCUT2D eigenvalue weighted by atomic mass is 32.2. The zero-order chi connectivity index (χ0) is 25.8. The number of amides is 3. The number of carboxylic acid groups (broad SMARTS) is 1. The summed E-state index contributed by atoms with van der Waals surface area (Å²) in [6.45, 7) is 4.04. The Morgan fingerprint density at radius 1 is 1.14 bits per heavy atom. The van der Waals surface area contributed by atoms with Gasteiger partial charge in [0.15, 0.2) is 0 Å². The van der Waals surface area contributed by atoms with Crippen LogP contribution < -0.4 is 16.0 Å². The lowest BCUT2D eigenvalue weighted by Crippen LogP contribution is -2.71. The highest BCUT2D eigenvalue weighted by Crippen LogP contribution is 2.50. The molecular weight excluding hydrogens is 484 g/mol. The number of thioether (sulfide) groups is 1. The predicted molar refractivity (Wildman–Crippen MR) is 131 cm³/mol. The van der Waals surface area contributed by atoms with Crippen LogP contribution in [0.1, 0.15) is 42.6 Å². The Labute approximate surface area is 211 Å². The maximum Gasteiger partial charge on any atom is 0.327 e. The van der Waals surface area contributed by atoms with Gasteiger partial charge in [-0.3, -0.25) is 19.7 Å². The van der Waals surface area contributed by atoms with Crippen LogP contribution in [0.25, 0.3) is 0 Å². The van der Waals surface area contributed by atoms with E-state index in [0.717, 1.165) is 11.1 Å². The van der Waals surface area contributed by atoms with Gasteiger partial charge in [0.1, 0.15) is 35.3 Å². The molecule has 0 bridgehead atoms. The summed E-state index contributed by atoms with van der Waals surface area (Å²) in [7, 11) is 0. The molecule has 3 heterocycles. The predicted octanol–water partition coefficient (Wildman–Crippen LogP) is 1.03. The molecule has 0 spiro atoms. The lowest BCUT2D eigenvalue weighted by molar-refractivity contribution is -0.161. The molecule has 2 unspecified atom stereocenters. The zero-order valence-electron chi connectivity index (χ0n) is 19.6. The van der Waals surface area contributed by atoms with E-state index in [4.69, 9.17) is 0 Å². The minimum atomic E-state index is -1.14. The molecule has 2 saturated heterocycles. The minimum Gasteiger partial charge on any atom is -0.508 e. The number of carboxylic acids is 1. The summed E-state index contributed by atoms with van der Waals surface area (Å²) in [5.74, 6) is -2.56. The number of hydrogen-bond donors (Lipinski definition) is 5. The van der Waals surface area contributed by atoms with Crippen molar-refractivity contribution in [2.75, 3.05) is 0 Å². The van der Waals surface area contributed by atoms with E-state index >= 15 is 0 Å². The molecule has 0 radical (unpaired) electrons. The average molecular weight is 511 g/mol. The van der Waals surface area contributed by atoms with Gasteiger partial charge >= 0.3 is 5.97 Å². The van der Waals surface area contributed by atoms with Crippen LogP contribution in [0.15, 0.2) is 48.5 Å². The number of nitrogens with zero attached hydrogens (tertiary/aromatic N) is 1. The standard InChI is InChI=1S/C25H26N4O6S/c1-25(2)19(24(34)35)29-22(33)18(23(29)36-25)28-20(31)16(12-7-9-14(30)10-8-12)27-21(32)17-15-6-4-3-5-13(15)11-26-17/h3-10,16-19,23,26,30H,11H2,1-2H3,(H,27,32)(H,28,31)(H,34,35)/t16?,17?,18-,19+,23-/m1/s1. The molecule has 2 aromatic rings. The number of aromatic hydroxyl groups is 1. The Kier molecular flexibility index (Phi) is 5.92. The fraction of sp³-hybridized carbons (Fsp3) is 0.360. The van der Waals surface area contributed by atoms with Crippen LogP contribution in [0.3, 0.4) is 0 Å². The number of rotatable bonds is 6. The number of β-lactam (4-membered cyclic amide) rings is 1. The van der Waals surface area contributed by atoms with Gasteiger partial charge < -0.3 is 25.7 Å². The Morgan fingerprint density at radius 3 is 2.53 bits per heavy atom. The molecule has 0 aromatic heterocycles. The molecule has 0 saturated carbocycles. The third-order valence-electron chi connectivity index (χ3n) is 6.87. The number of phenolic OH excluding ortho intramolecular Hbond substituents is 1. The van der Waals surface area contributed by atoms with E-state index in [-0.39, 0.29) is 5.75 Å². The van der Waals surface area contributed by atoms with Gasteiger partial charge in [0.25, 0.3) is 0 Å². The van der Waals surface area contributed by atoms with Crippen molar-refractivity contribution in [1.29, 1.82) is 0 Å². The lowest BCUT2D eigenvalue weighted by atomic mass is 9.95. The van der Waals surface area contributed by atoms with Crippen LogP contribution in [0.5, 0.6) is 5.75 Å². The van der Waals surface area contributed by atoms with Crippen molar-refractivity contribution in [3.63, 3.8) is 0 Å². The van der Waals surface area contributed by atoms with Crippen LogP contribution in [-0.4, -0.2) is 61.0 Å². The van der Waals surface area contributed by atoms with Crippen LogP contribution in [0, 0.1) is 0 Å². The maximum atomic E-state index is 13.4. The maximum absolute atomic E-state index is 13.4. The number of hydrogen-bond acceptors (Lipinski definition) is 7. The molecule has 188 valence electrons. The van der Waals surface area contributed by atoms with Gasteiger partial charge in [-0.1, -0.05) is 36.4 Å². The highest BCUT2D eigenvalue weighted by Gasteiger charge is 2.64. The largest absolute Gasteiger partial charge is 0.508 e. The molecule has 5 atom stereocenters. The Hall–Kier alpha value is -3.57. The molecule has 3 aliphatic rings. The number of benzene rings is 2. The van der Waals surface area contributed by atoms with Crippen molar-refractivity contribution in [2.24, 2.45) is 0 Å². The van der Waals surface area contributed by atoms with E-state index in [2.05, 4.69) is 16.0 Å². The number of aliphatic carboxylic acids is 1. The first-order valence-corrected chi connectivity index (χ1v) is 12.4. The average Bonchev–Trinajstić information content (AvgIpc) is 3.38. The first kappa shape index (κ1) is 24.1. The van der Waals surface area contributed by atoms with Gasteiger partial charge in [-0.2, -0.15) is 0 Å². The molecule has 36 heavy (non-hydrogen) atoms. The summed E-state index contributed by atoms with van der Waals surface area (Å²) >= 11 is 1.32. The fourth-order valence-corrected chi connectivity index (χ4v) is 6.73. The Morgan fingerprint density at radius 2 is 1.83 bits per heavy atom. The first-order valence-electron chi connectivity index (χ1n) is 11.5. The van der Waals surface area contributed by atoms with E-state index in [0.29, 0.717) is 12.1 Å². The number of carbonyl (C=O) groups excluding carboxylic acids is 3. The topological polar surface area (TPSA) is 148 Å². The first-order chi connectivity index (χ1) is 17.1. The fourth-order valence-electron chi connectivity index (χ4n) is 5.11. The summed E-state index contributed by atoms with van der Waals surface area (Å²) in [5, 5.41) is 27.5. The van der Waals surface area contributed by atoms with Gasteiger partial charge in [-0.25, -0.2) is 4.79 Å². The molecular formula is C25H26N4O6S. The van der Waals surface area contributed by atoms with Crippen LogP contribution in [-0.2, 0) is 25.7 Å². The SMILES string of the molecule is CC1(C)S[C@@H]2[C@H](NC(=O)C(NC(=O)C3NCc4ccccc43)c3ccc(O)cc3)C(=O)N2[C@H]1C(=O)O. The number of phenols is 1. The second-order valence-corrected chi connectivity index (χ2v) is 11.4. The van der Waals surface area contributed by atoms with Gasteiger partial charge in [0, 0.05) is 11.3 Å². The summed E-state index contributed by atoms with van der Waals surface area (Å²) < 4.78 is -0.724. The zero-order valence-corrected chi connectivity index (χ0v) is 20.4. The lowest BCUT2D eigenvalue weighted by Gasteiger charge is -2.44. The van der Waals surface area contributed by atoms with E-state index in [1.807, 2.05) is 24.3 Å². The van der Waals surface area contributed by atoms with Crippen molar-refractivity contribution < 1.29 is 29.4 Å². The quantitative estimate of drug-likeness (QED) is 0.362. The molecule has 5 N–H and O–H groups in total. The van der Waals surface area contributed by atoms with Crippen LogP contribution >= 0.6 is 11.8 Å². The number of carbonyl (C=O) groups is 4. The van der Waals surface area contributed by atoms with E-state index < -0.39 is 58.0 Å². The minimum absolute atomic E-state index is 0.00438. The molecule has 3 aliphatic heterocycles. The second-order valence-electron chi connectivity index (χ2n) is 9.63. The summed E-state index contributed by atoms with van der Waals surface area (Å²) in [6.07, 6.45) is 0. The van der Waals surface area contributed by atoms with E-state index in [1.165, 1.54) is 40.9 Å². The monoisotopic (exact) mass is 510 g/mol. The number of fused-ring (bicyclic) bond motifs is 2. The molecule has 5 rings (SSSR count). The molecule has 2 aromatic carbocycles.